The zero-order valence-electron chi connectivity index (χ0n) is 14.8. The second-order valence-corrected chi connectivity index (χ2v) is 7.36. The van der Waals surface area contributed by atoms with Crippen molar-refractivity contribution in [3.05, 3.63) is 42.0 Å². The number of urea groups is 1. The Morgan fingerprint density at radius 3 is 2.50 bits per heavy atom. The Morgan fingerprint density at radius 2 is 1.85 bits per heavy atom. The summed E-state index contributed by atoms with van der Waals surface area (Å²) in [5.41, 5.74) is 1.31. The van der Waals surface area contributed by atoms with Gasteiger partial charge < -0.3 is 20.3 Å². The largest absolute Gasteiger partial charge is 0.378 e. The molecule has 6 heteroatoms. The van der Waals surface area contributed by atoms with E-state index in [0.717, 1.165) is 12.5 Å². The highest BCUT2D eigenvalue weighted by molar-refractivity contribution is 5.95. The molecule has 0 aromatic heterocycles. The quantitative estimate of drug-likeness (QED) is 0.815. The molecule has 2 fully saturated rings. The fraction of sp³-hybridized carbons (Fsp3) is 0.500. The van der Waals surface area contributed by atoms with Crippen LogP contribution in [0.15, 0.2) is 36.4 Å². The maximum Gasteiger partial charge on any atom is 0.321 e. The fourth-order valence-corrected chi connectivity index (χ4v) is 4.13. The third-order valence-electron chi connectivity index (χ3n) is 5.64. The number of fused-ring (bicyclic) bond motifs is 2. The van der Waals surface area contributed by atoms with Crippen molar-refractivity contribution >= 4 is 17.6 Å². The van der Waals surface area contributed by atoms with Gasteiger partial charge in [-0.1, -0.05) is 12.2 Å². The van der Waals surface area contributed by atoms with Gasteiger partial charge in [-0.3, -0.25) is 4.79 Å². The van der Waals surface area contributed by atoms with Crippen LogP contribution >= 0.6 is 0 Å². The summed E-state index contributed by atoms with van der Waals surface area (Å²) < 4.78 is 5.25. The van der Waals surface area contributed by atoms with Crippen LogP contribution in [0.25, 0.3) is 0 Å². The van der Waals surface area contributed by atoms with Crippen LogP contribution < -0.4 is 10.6 Å². The highest BCUT2D eigenvalue weighted by Crippen LogP contribution is 2.42. The number of benzene rings is 1. The van der Waals surface area contributed by atoms with Crippen LogP contribution in [0.2, 0.25) is 0 Å². The summed E-state index contributed by atoms with van der Waals surface area (Å²) in [6, 6.07) is 6.92. The first kappa shape index (κ1) is 17.1. The minimum atomic E-state index is -0.130. The number of anilines is 1. The molecule has 2 aliphatic carbocycles. The van der Waals surface area contributed by atoms with E-state index < -0.39 is 0 Å². The number of hydrogen-bond donors (Lipinski definition) is 2. The lowest BCUT2D eigenvalue weighted by atomic mass is 9.93. The Bertz CT molecular complexity index is 695. The first-order valence-electron chi connectivity index (χ1n) is 9.39. The molecule has 1 aromatic carbocycles. The lowest BCUT2D eigenvalue weighted by Gasteiger charge is -2.26. The molecule has 4 rings (SSSR count). The molecule has 1 saturated heterocycles. The minimum Gasteiger partial charge on any atom is -0.378 e. The SMILES string of the molecule is O=C(NCC1CC2C=CC1C2)c1ccc(NC(=O)N2CCOCC2)cc1. The van der Waals surface area contributed by atoms with Crippen molar-refractivity contribution in [1.29, 1.82) is 0 Å². The maximum atomic E-state index is 12.3. The number of amides is 3. The van der Waals surface area contributed by atoms with Crippen molar-refractivity contribution in [3.63, 3.8) is 0 Å². The van der Waals surface area contributed by atoms with Gasteiger partial charge in [0.25, 0.3) is 5.91 Å². The van der Waals surface area contributed by atoms with E-state index in [1.54, 1.807) is 29.2 Å². The molecule has 3 atom stereocenters. The van der Waals surface area contributed by atoms with Gasteiger partial charge in [-0.15, -0.1) is 0 Å². The predicted octanol–water partition coefficient (Wildman–Crippen LogP) is 2.49. The summed E-state index contributed by atoms with van der Waals surface area (Å²) in [5, 5.41) is 5.92. The van der Waals surface area contributed by atoms with E-state index in [2.05, 4.69) is 22.8 Å². The molecule has 1 aromatic rings. The maximum absolute atomic E-state index is 12.3. The highest BCUT2D eigenvalue weighted by Gasteiger charge is 2.35. The van der Waals surface area contributed by atoms with Gasteiger partial charge >= 0.3 is 6.03 Å². The van der Waals surface area contributed by atoms with Crippen molar-refractivity contribution in [1.82, 2.24) is 10.2 Å². The van der Waals surface area contributed by atoms with Crippen LogP contribution in [0.4, 0.5) is 10.5 Å². The van der Waals surface area contributed by atoms with Crippen molar-refractivity contribution in [2.45, 2.75) is 12.8 Å². The van der Waals surface area contributed by atoms with Gasteiger partial charge in [0.15, 0.2) is 0 Å². The summed E-state index contributed by atoms with van der Waals surface area (Å²) >= 11 is 0. The summed E-state index contributed by atoms with van der Waals surface area (Å²) in [5.74, 6) is 1.87. The first-order chi connectivity index (χ1) is 12.7. The molecule has 0 radical (unpaired) electrons. The molecule has 6 nitrogen and oxygen atoms in total. The lowest BCUT2D eigenvalue weighted by molar-refractivity contribution is 0.0564. The Kier molecular flexibility index (Phi) is 4.93. The van der Waals surface area contributed by atoms with E-state index in [9.17, 15) is 9.59 Å². The zero-order valence-corrected chi connectivity index (χ0v) is 14.8. The van der Waals surface area contributed by atoms with Gasteiger partial charge in [-0.25, -0.2) is 4.79 Å². The number of allylic oxidation sites excluding steroid dienone is 2. The van der Waals surface area contributed by atoms with Gasteiger partial charge in [0.05, 0.1) is 13.2 Å². The molecule has 1 aliphatic heterocycles. The molecule has 3 unspecified atom stereocenters. The Balaban J connectivity index is 1.27. The van der Waals surface area contributed by atoms with Gasteiger partial charge in [0.1, 0.15) is 0 Å². The van der Waals surface area contributed by atoms with Crippen molar-refractivity contribution < 1.29 is 14.3 Å². The molecule has 1 heterocycles. The summed E-state index contributed by atoms with van der Waals surface area (Å²) in [4.78, 5) is 26.3. The zero-order chi connectivity index (χ0) is 17.9. The molecule has 3 amide bonds. The number of rotatable bonds is 4. The third-order valence-corrected chi connectivity index (χ3v) is 5.64. The number of carbonyl (C=O) groups excluding carboxylic acids is 2. The normalized spacial score (nSPS) is 26.8. The third kappa shape index (κ3) is 3.75. The van der Waals surface area contributed by atoms with Crippen LogP contribution in [0, 0.1) is 17.8 Å². The second-order valence-electron chi connectivity index (χ2n) is 7.36. The lowest BCUT2D eigenvalue weighted by Crippen LogP contribution is -2.43. The number of ether oxygens (including phenoxy) is 1. The molecular weight excluding hydrogens is 330 g/mol. The van der Waals surface area contributed by atoms with Crippen molar-refractivity contribution in [2.24, 2.45) is 17.8 Å². The molecule has 138 valence electrons. The van der Waals surface area contributed by atoms with Gasteiger partial charge in [0, 0.05) is 30.9 Å². The van der Waals surface area contributed by atoms with Crippen molar-refractivity contribution in [3.8, 4) is 0 Å². The average Bonchev–Trinajstić information content (AvgIpc) is 3.30. The Hall–Kier alpha value is -2.34. The predicted molar refractivity (Wildman–Crippen MR) is 99.0 cm³/mol. The van der Waals surface area contributed by atoms with Crippen LogP contribution in [-0.2, 0) is 4.74 Å². The fourth-order valence-electron chi connectivity index (χ4n) is 4.13. The molecule has 1 saturated carbocycles. The number of nitrogens with zero attached hydrogens (tertiary/aromatic N) is 1. The van der Waals surface area contributed by atoms with Crippen LogP contribution in [0.5, 0.6) is 0 Å². The second kappa shape index (κ2) is 7.50. The van der Waals surface area contributed by atoms with Gasteiger partial charge in [-0.2, -0.15) is 0 Å². The molecule has 0 spiro atoms. The number of hydrogen-bond acceptors (Lipinski definition) is 3. The van der Waals surface area contributed by atoms with Gasteiger partial charge in [-0.05, 0) is 54.9 Å². The number of carbonyl (C=O) groups is 2. The van der Waals surface area contributed by atoms with E-state index in [1.165, 1.54) is 12.8 Å². The standard InChI is InChI=1S/C20H25N3O3/c24-19(21-13-17-12-14-1-2-16(17)11-14)15-3-5-18(6-4-15)22-20(25)23-7-9-26-10-8-23/h1-6,14,16-17H,7-13H2,(H,21,24)(H,22,25). The average molecular weight is 355 g/mol. The van der Waals surface area contributed by atoms with Crippen LogP contribution in [0.1, 0.15) is 23.2 Å². The Labute approximate surface area is 153 Å². The molecular formula is C20H25N3O3. The first-order valence-corrected chi connectivity index (χ1v) is 9.39. The Morgan fingerprint density at radius 1 is 1.08 bits per heavy atom. The van der Waals surface area contributed by atoms with Crippen molar-refractivity contribution in [2.75, 3.05) is 38.2 Å². The minimum absolute atomic E-state index is 0.0530. The van der Waals surface area contributed by atoms with Crippen LogP contribution in [-0.4, -0.2) is 49.7 Å². The summed E-state index contributed by atoms with van der Waals surface area (Å²) in [7, 11) is 0. The topological polar surface area (TPSA) is 70.7 Å². The van der Waals surface area contributed by atoms with E-state index in [4.69, 9.17) is 4.74 Å². The monoisotopic (exact) mass is 355 g/mol. The molecule has 3 aliphatic rings. The molecule has 2 N–H and O–H groups in total. The summed E-state index contributed by atoms with van der Waals surface area (Å²) in [6.07, 6.45) is 7.05. The van der Waals surface area contributed by atoms with E-state index >= 15 is 0 Å². The van der Waals surface area contributed by atoms with Gasteiger partial charge in [0.2, 0.25) is 0 Å². The molecule has 2 bridgehead atoms. The molecule has 26 heavy (non-hydrogen) atoms. The van der Waals surface area contributed by atoms with E-state index in [1.807, 2.05) is 0 Å². The highest BCUT2D eigenvalue weighted by atomic mass is 16.5. The summed E-state index contributed by atoms with van der Waals surface area (Å²) in [6.45, 7) is 3.09. The number of morpholine rings is 1. The smallest absolute Gasteiger partial charge is 0.321 e. The van der Waals surface area contributed by atoms with Crippen LogP contribution in [0.3, 0.4) is 0 Å². The van der Waals surface area contributed by atoms with E-state index in [-0.39, 0.29) is 11.9 Å². The van der Waals surface area contributed by atoms with E-state index in [0.29, 0.717) is 49.4 Å². The number of nitrogens with one attached hydrogen (secondary N) is 2.